The van der Waals surface area contributed by atoms with Crippen LogP contribution in [-0.4, -0.2) is 23.4 Å². The zero-order valence-corrected chi connectivity index (χ0v) is 12.6. The predicted molar refractivity (Wildman–Crippen MR) is 85.7 cm³/mol. The summed E-state index contributed by atoms with van der Waals surface area (Å²) in [5.74, 6) is 0.377. The lowest BCUT2D eigenvalue weighted by Crippen LogP contribution is -2.22. The minimum Gasteiger partial charge on any atom is -0.506 e. The molecule has 0 saturated heterocycles. The van der Waals surface area contributed by atoms with Crippen LogP contribution >= 0.6 is 11.6 Å². The summed E-state index contributed by atoms with van der Waals surface area (Å²) in [4.78, 5) is 0. The van der Waals surface area contributed by atoms with E-state index in [0.29, 0.717) is 18.0 Å². The third kappa shape index (κ3) is 4.46. The molecular formula is C17H20ClNO2. The van der Waals surface area contributed by atoms with Crippen molar-refractivity contribution in [3.63, 3.8) is 0 Å². The number of aromatic hydroxyl groups is 1. The number of phenols is 1. The van der Waals surface area contributed by atoms with Gasteiger partial charge in [0.15, 0.2) is 0 Å². The summed E-state index contributed by atoms with van der Waals surface area (Å²) < 4.78 is 0. The zero-order chi connectivity index (χ0) is 15.1. The van der Waals surface area contributed by atoms with Crippen LogP contribution in [0.25, 0.3) is 0 Å². The minimum atomic E-state index is 0.130. The van der Waals surface area contributed by atoms with Gasteiger partial charge in [-0.05, 0) is 24.0 Å². The van der Waals surface area contributed by atoms with E-state index in [-0.39, 0.29) is 18.3 Å². The van der Waals surface area contributed by atoms with Gasteiger partial charge in [-0.1, -0.05) is 54.1 Å². The van der Waals surface area contributed by atoms with Gasteiger partial charge in [-0.2, -0.15) is 0 Å². The first-order valence-corrected chi connectivity index (χ1v) is 7.43. The first kappa shape index (κ1) is 15.8. The van der Waals surface area contributed by atoms with Gasteiger partial charge >= 0.3 is 0 Å². The van der Waals surface area contributed by atoms with E-state index in [1.807, 2.05) is 30.3 Å². The molecule has 3 nitrogen and oxygen atoms in total. The van der Waals surface area contributed by atoms with Gasteiger partial charge in [0.05, 0.1) is 5.02 Å². The molecule has 0 aliphatic rings. The maximum Gasteiger partial charge on any atom is 0.138 e. The van der Waals surface area contributed by atoms with Gasteiger partial charge in [-0.3, -0.25) is 0 Å². The molecule has 0 fully saturated rings. The van der Waals surface area contributed by atoms with Crippen LogP contribution < -0.4 is 5.32 Å². The number of para-hydroxylation sites is 1. The zero-order valence-electron chi connectivity index (χ0n) is 11.8. The standard InChI is InChI=1S/C17H20ClNO2/c18-16-8-4-7-15(17(16)21)12-19-11-14(9-10-20)13-5-2-1-3-6-13/h1-8,14,19-21H,9-12H2. The monoisotopic (exact) mass is 305 g/mol. The molecule has 0 amide bonds. The summed E-state index contributed by atoms with van der Waals surface area (Å²) in [6.07, 6.45) is 0.707. The second-order valence-electron chi connectivity index (χ2n) is 5.00. The van der Waals surface area contributed by atoms with Crippen molar-refractivity contribution in [1.82, 2.24) is 5.32 Å². The fourth-order valence-corrected chi connectivity index (χ4v) is 2.55. The Morgan fingerprint density at radius 2 is 1.81 bits per heavy atom. The molecule has 112 valence electrons. The van der Waals surface area contributed by atoms with Crippen molar-refractivity contribution in [2.45, 2.75) is 18.9 Å². The Bertz CT molecular complexity index is 560. The van der Waals surface area contributed by atoms with E-state index in [0.717, 1.165) is 12.1 Å². The molecule has 0 bridgehead atoms. The molecule has 0 radical (unpaired) electrons. The van der Waals surface area contributed by atoms with Crippen molar-refractivity contribution in [2.75, 3.05) is 13.2 Å². The maximum absolute atomic E-state index is 9.87. The van der Waals surface area contributed by atoms with Crippen molar-refractivity contribution >= 4 is 11.6 Å². The summed E-state index contributed by atoms with van der Waals surface area (Å²) >= 11 is 5.89. The van der Waals surface area contributed by atoms with E-state index in [9.17, 15) is 10.2 Å². The number of halogens is 1. The van der Waals surface area contributed by atoms with Gasteiger partial charge in [-0.15, -0.1) is 0 Å². The summed E-state index contributed by atoms with van der Waals surface area (Å²) in [6.45, 7) is 1.43. The molecule has 0 aliphatic heterocycles. The second-order valence-corrected chi connectivity index (χ2v) is 5.41. The minimum absolute atomic E-state index is 0.130. The molecule has 3 N–H and O–H groups in total. The van der Waals surface area contributed by atoms with Gasteiger partial charge in [-0.25, -0.2) is 0 Å². The van der Waals surface area contributed by atoms with E-state index < -0.39 is 0 Å². The number of aliphatic hydroxyl groups excluding tert-OH is 1. The lowest BCUT2D eigenvalue weighted by molar-refractivity contribution is 0.273. The first-order chi connectivity index (χ1) is 10.2. The molecule has 0 spiro atoms. The maximum atomic E-state index is 9.87. The average Bonchev–Trinajstić information content (AvgIpc) is 2.51. The fourth-order valence-electron chi connectivity index (χ4n) is 2.35. The number of hydrogen-bond acceptors (Lipinski definition) is 3. The van der Waals surface area contributed by atoms with Crippen molar-refractivity contribution < 1.29 is 10.2 Å². The smallest absolute Gasteiger partial charge is 0.138 e. The molecule has 0 heterocycles. The average molecular weight is 306 g/mol. The van der Waals surface area contributed by atoms with Crippen LogP contribution in [0.15, 0.2) is 48.5 Å². The largest absolute Gasteiger partial charge is 0.506 e. The number of hydrogen-bond donors (Lipinski definition) is 3. The lowest BCUT2D eigenvalue weighted by Gasteiger charge is -2.17. The molecule has 21 heavy (non-hydrogen) atoms. The highest BCUT2D eigenvalue weighted by Gasteiger charge is 2.11. The van der Waals surface area contributed by atoms with E-state index >= 15 is 0 Å². The molecule has 4 heteroatoms. The topological polar surface area (TPSA) is 52.5 Å². The fraction of sp³-hybridized carbons (Fsp3) is 0.294. The van der Waals surface area contributed by atoms with Gasteiger partial charge in [0, 0.05) is 25.3 Å². The van der Waals surface area contributed by atoms with Crippen LogP contribution in [0.5, 0.6) is 5.75 Å². The first-order valence-electron chi connectivity index (χ1n) is 7.05. The van der Waals surface area contributed by atoms with Crippen LogP contribution in [0.1, 0.15) is 23.5 Å². The Labute approximate surface area is 130 Å². The Balaban J connectivity index is 1.95. The van der Waals surface area contributed by atoms with Crippen molar-refractivity contribution in [3.05, 3.63) is 64.7 Å². The number of phenolic OH excluding ortho intramolecular Hbond substituents is 1. The van der Waals surface area contributed by atoms with Crippen molar-refractivity contribution in [2.24, 2.45) is 0 Å². The Kier molecular flexibility index (Phi) is 6.05. The van der Waals surface area contributed by atoms with Crippen molar-refractivity contribution in [3.8, 4) is 5.75 Å². The van der Waals surface area contributed by atoms with Crippen LogP contribution in [0.2, 0.25) is 5.02 Å². The van der Waals surface area contributed by atoms with Crippen LogP contribution in [0.3, 0.4) is 0 Å². The van der Waals surface area contributed by atoms with E-state index in [2.05, 4.69) is 17.4 Å². The molecule has 2 aromatic rings. The number of benzene rings is 2. The highest BCUT2D eigenvalue weighted by molar-refractivity contribution is 6.32. The normalized spacial score (nSPS) is 12.3. The molecule has 0 saturated carbocycles. The number of aliphatic hydroxyl groups is 1. The number of rotatable bonds is 7. The van der Waals surface area contributed by atoms with Crippen LogP contribution in [-0.2, 0) is 6.54 Å². The molecule has 2 rings (SSSR count). The summed E-state index contributed by atoms with van der Waals surface area (Å²) in [7, 11) is 0. The molecule has 1 unspecified atom stereocenters. The van der Waals surface area contributed by atoms with Gasteiger partial charge in [0.2, 0.25) is 0 Å². The SMILES string of the molecule is OCCC(CNCc1cccc(Cl)c1O)c1ccccc1. The van der Waals surface area contributed by atoms with Crippen molar-refractivity contribution in [1.29, 1.82) is 0 Å². The van der Waals surface area contributed by atoms with Crippen LogP contribution in [0.4, 0.5) is 0 Å². The van der Waals surface area contributed by atoms with Gasteiger partial charge in [0.25, 0.3) is 0 Å². The third-order valence-electron chi connectivity index (χ3n) is 3.53. The van der Waals surface area contributed by atoms with Crippen LogP contribution in [0, 0.1) is 0 Å². The van der Waals surface area contributed by atoms with E-state index in [1.165, 1.54) is 5.56 Å². The number of nitrogens with one attached hydrogen (secondary N) is 1. The highest BCUT2D eigenvalue weighted by atomic mass is 35.5. The third-order valence-corrected chi connectivity index (χ3v) is 3.83. The molecular weight excluding hydrogens is 286 g/mol. The lowest BCUT2D eigenvalue weighted by atomic mass is 9.96. The van der Waals surface area contributed by atoms with Gasteiger partial charge in [0.1, 0.15) is 5.75 Å². The van der Waals surface area contributed by atoms with E-state index in [1.54, 1.807) is 6.07 Å². The Hall–Kier alpha value is -1.55. The molecule has 0 aromatic heterocycles. The molecule has 0 aliphatic carbocycles. The van der Waals surface area contributed by atoms with Gasteiger partial charge < -0.3 is 15.5 Å². The summed E-state index contributed by atoms with van der Waals surface area (Å²) in [5, 5.41) is 22.8. The highest BCUT2D eigenvalue weighted by Crippen LogP contribution is 2.27. The van der Waals surface area contributed by atoms with E-state index in [4.69, 9.17) is 11.6 Å². The molecule has 1 atom stereocenters. The Morgan fingerprint density at radius 1 is 1.05 bits per heavy atom. The Morgan fingerprint density at radius 3 is 2.52 bits per heavy atom. The summed E-state index contributed by atoms with van der Waals surface area (Å²) in [6, 6.07) is 15.5. The predicted octanol–water partition coefficient (Wildman–Crippen LogP) is 3.30. The quantitative estimate of drug-likeness (QED) is 0.735. The molecule has 2 aromatic carbocycles. The second kappa shape index (κ2) is 8.03. The summed E-state index contributed by atoms with van der Waals surface area (Å²) in [5.41, 5.74) is 1.98.